The highest BCUT2D eigenvalue weighted by atomic mass is 19.1. The normalized spacial score (nSPS) is 14.5. The molecule has 11 heteroatoms. The number of aromatic nitrogens is 2. The minimum absolute atomic E-state index is 0.206. The summed E-state index contributed by atoms with van der Waals surface area (Å²) in [5, 5.41) is 5.33. The molecule has 2 amide bonds. The van der Waals surface area contributed by atoms with Crippen molar-refractivity contribution in [2.24, 2.45) is 0 Å². The van der Waals surface area contributed by atoms with Crippen LogP contribution < -0.4 is 30.3 Å². The molecule has 0 radical (unpaired) electrons. The van der Waals surface area contributed by atoms with Crippen LogP contribution in [0.25, 0.3) is 10.9 Å². The first kappa shape index (κ1) is 27.9. The van der Waals surface area contributed by atoms with Gasteiger partial charge in [-0.3, -0.25) is 9.69 Å². The predicted molar refractivity (Wildman–Crippen MR) is 157 cm³/mol. The Morgan fingerprint density at radius 1 is 1.00 bits per heavy atom. The number of urea groups is 1. The van der Waals surface area contributed by atoms with Crippen molar-refractivity contribution in [2.45, 2.75) is 13.0 Å². The average molecular weight is 561 g/mol. The quantitative estimate of drug-likeness (QED) is 0.362. The first-order valence-electron chi connectivity index (χ1n) is 13.3. The van der Waals surface area contributed by atoms with E-state index in [1.165, 1.54) is 36.3 Å². The van der Waals surface area contributed by atoms with Crippen LogP contribution in [0.15, 0.2) is 71.5 Å². The second-order valence-corrected chi connectivity index (χ2v) is 9.88. The van der Waals surface area contributed by atoms with E-state index in [9.17, 15) is 14.0 Å². The van der Waals surface area contributed by atoms with Gasteiger partial charge in [0.15, 0.2) is 5.82 Å². The van der Waals surface area contributed by atoms with Crippen molar-refractivity contribution in [1.82, 2.24) is 14.6 Å². The third-order valence-electron chi connectivity index (χ3n) is 7.26. The van der Waals surface area contributed by atoms with Crippen LogP contribution >= 0.6 is 0 Å². The Bertz CT molecular complexity index is 1600. The third-order valence-corrected chi connectivity index (χ3v) is 7.26. The Morgan fingerprint density at radius 2 is 1.71 bits per heavy atom. The molecule has 0 aliphatic carbocycles. The van der Waals surface area contributed by atoms with Crippen LogP contribution in [-0.4, -0.2) is 68.0 Å². The fourth-order valence-corrected chi connectivity index (χ4v) is 4.99. The lowest BCUT2D eigenvalue weighted by Crippen LogP contribution is -2.55. The van der Waals surface area contributed by atoms with Crippen LogP contribution in [0.2, 0.25) is 0 Å². The molecule has 10 nitrogen and oxygen atoms in total. The van der Waals surface area contributed by atoms with Gasteiger partial charge >= 0.3 is 6.03 Å². The van der Waals surface area contributed by atoms with E-state index in [1.807, 2.05) is 31.1 Å². The molecule has 1 aromatic heterocycles. The number of likely N-dealkylation sites (N-methyl/N-ethyl adjacent to an activating group) is 1. The zero-order valence-corrected chi connectivity index (χ0v) is 23.5. The number of carbonyl (C=O) groups excluding carboxylic acids is 1. The first-order chi connectivity index (χ1) is 19.8. The summed E-state index contributed by atoms with van der Waals surface area (Å²) >= 11 is 0. The molecular weight excluding hydrogens is 527 g/mol. The van der Waals surface area contributed by atoms with Gasteiger partial charge in [-0.15, -0.1) is 0 Å². The summed E-state index contributed by atoms with van der Waals surface area (Å²) in [5.41, 5.74) is 1.17. The third kappa shape index (κ3) is 5.66. The lowest BCUT2D eigenvalue weighted by atomic mass is 10.1. The van der Waals surface area contributed by atoms with Gasteiger partial charge in [-0.2, -0.15) is 0 Å². The van der Waals surface area contributed by atoms with Crippen molar-refractivity contribution in [1.29, 1.82) is 0 Å². The smallest absolute Gasteiger partial charge is 0.327 e. The van der Waals surface area contributed by atoms with Crippen molar-refractivity contribution in [3.8, 4) is 11.5 Å². The standard InChI is InChI=1S/C30H33FN6O4/c1-20(28-33-25-8-6-5-7-24(25)29(38)37(28)35-17-15-34(2)16-18-35)36(26-14-13-23(40-3)19-27(26)41-4)30(39)32-22-11-9-21(31)10-12-22/h5-14,19-20H,15-18H2,1-4H3,(H,32,39). The maximum absolute atomic E-state index is 14.0. The molecule has 1 N–H and O–H groups in total. The molecule has 0 spiro atoms. The van der Waals surface area contributed by atoms with Gasteiger partial charge in [0.25, 0.3) is 5.56 Å². The number of carbonyl (C=O) groups is 1. The van der Waals surface area contributed by atoms with E-state index in [2.05, 4.69) is 10.2 Å². The molecule has 1 aliphatic heterocycles. The van der Waals surface area contributed by atoms with Gasteiger partial charge < -0.3 is 24.7 Å². The number of hydrogen-bond donors (Lipinski definition) is 1. The largest absolute Gasteiger partial charge is 0.497 e. The average Bonchev–Trinajstić information content (AvgIpc) is 2.99. The number of piperazine rings is 1. The molecule has 1 aliphatic rings. The lowest BCUT2D eigenvalue weighted by Gasteiger charge is -2.38. The van der Waals surface area contributed by atoms with Crippen molar-refractivity contribution in [3.05, 3.63) is 88.7 Å². The van der Waals surface area contributed by atoms with Gasteiger partial charge in [-0.1, -0.05) is 12.1 Å². The fraction of sp³-hybridized carbons (Fsp3) is 0.300. The Balaban J connectivity index is 1.67. The van der Waals surface area contributed by atoms with Gasteiger partial charge in [0.2, 0.25) is 0 Å². The fourth-order valence-electron chi connectivity index (χ4n) is 4.99. The van der Waals surface area contributed by atoms with Crippen molar-refractivity contribution >= 4 is 28.3 Å². The van der Waals surface area contributed by atoms with E-state index >= 15 is 0 Å². The van der Waals surface area contributed by atoms with Crippen LogP contribution in [-0.2, 0) is 0 Å². The number of methoxy groups -OCH3 is 2. The molecule has 214 valence electrons. The van der Waals surface area contributed by atoms with Crippen LogP contribution in [0.1, 0.15) is 18.8 Å². The van der Waals surface area contributed by atoms with E-state index in [0.29, 0.717) is 52.7 Å². The van der Waals surface area contributed by atoms with Gasteiger partial charge in [-0.05, 0) is 62.5 Å². The molecule has 0 saturated carbocycles. The van der Waals surface area contributed by atoms with E-state index in [1.54, 1.807) is 42.1 Å². The summed E-state index contributed by atoms with van der Waals surface area (Å²) in [6, 6.07) is 16.6. The number of halogens is 1. The maximum atomic E-state index is 14.0. The molecule has 1 unspecified atom stereocenters. The monoisotopic (exact) mass is 560 g/mol. The SMILES string of the molecule is COc1ccc(N(C(=O)Nc2ccc(F)cc2)C(C)c2nc3ccccc3c(=O)n2N2CCN(C)CC2)c(OC)c1. The summed E-state index contributed by atoms with van der Waals surface area (Å²) in [6.45, 7) is 4.59. The van der Waals surface area contributed by atoms with Crippen molar-refractivity contribution in [3.63, 3.8) is 0 Å². The number of ether oxygens (including phenoxy) is 2. The van der Waals surface area contributed by atoms with E-state index in [4.69, 9.17) is 14.5 Å². The van der Waals surface area contributed by atoms with Gasteiger partial charge in [0.1, 0.15) is 17.3 Å². The highest BCUT2D eigenvalue weighted by Gasteiger charge is 2.32. The highest BCUT2D eigenvalue weighted by molar-refractivity contribution is 6.03. The number of hydrogen-bond acceptors (Lipinski definition) is 7. The second kappa shape index (κ2) is 11.8. The molecule has 1 fully saturated rings. The molecule has 1 atom stereocenters. The number of para-hydroxylation sites is 1. The summed E-state index contributed by atoms with van der Waals surface area (Å²) in [5.74, 6) is 0.919. The van der Waals surface area contributed by atoms with Gasteiger partial charge in [0, 0.05) is 37.9 Å². The van der Waals surface area contributed by atoms with Crippen LogP contribution in [0.5, 0.6) is 11.5 Å². The molecule has 3 aromatic carbocycles. The number of amides is 2. The number of nitrogens with zero attached hydrogens (tertiary/aromatic N) is 5. The van der Waals surface area contributed by atoms with E-state index in [-0.39, 0.29) is 5.56 Å². The number of rotatable bonds is 7. The molecule has 41 heavy (non-hydrogen) atoms. The molecule has 0 bridgehead atoms. The van der Waals surface area contributed by atoms with Gasteiger partial charge in [0.05, 0.1) is 36.9 Å². The Morgan fingerprint density at radius 3 is 2.39 bits per heavy atom. The highest BCUT2D eigenvalue weighted by Crippen LogP contribution is 2.37. The molecule has 5 rings (SSSR count). The lowest BCUT2D eigenvalue weighted by molar-refractivity contribution is 0.253. The minimum Gasteiger partial charge on any atom is -0.497 e. The number of benzene rings is 3. The number of fused-ring (bicyclic) bond motifs is 1. The summed E-state index contributed by atoms with van der Waals surface area (Å²) in [4.78, 5) is 36.6. The first-order valence-corrected chi connectivity index (χ1v) is 13.3. The van der Waals surface area contributed by atoms with Crippen LogP contribution in [0.4, 0.5) is 20.6 Å². The predicted octanol–water partition coefficient (Wildman–Crippen LogP) is 4.24. The van der Waals surface area contributed by atoms with E-state index < -0.39 is 17.9 Å². The van der Waals surface area contributed by atoms with Crippen LogP contribution in [0, 0.1) is 5.82 Å². The Kier molecular flexibility index (Phi) is 8.06. The summed E-state index contributed by atoms with van der Waals surface area (Å²) in [7, 11) is 5.09. The topological polar surface area (TPSA) is 92.2 Å². The van der Waals surface area contributed by atoms with Crippen LogP contribution in [0.3, 0.4) is 0 Å². The summed E-state index contributed by atoms with van der Waals surface area (Å²) < 4.78 is 26.2. The molecular formula is C30H33FN6O4. The number of anilines is 2. The minimum atomic E-state index is -0.741. The second-order valence-electron chi connectivity index (χ2n) is 9.88. The zero-order chi connectivity index (χ0) is 29.1. The van der Waals surface area contributed by atoms with Crippen molar-refractivity contribution in [2.75, 3.05) is 62.7 Å². The molecule has 4 aromatic rings. The van der Waals surface area contributed by atoms with E-state index in [0.717, 1.165) is 13.1 Å². The van der Waals surface area contributed by atoms with Gasteiger partial charge in [-0.25, -0.2) is 18.8 Å². The number of nitrogens with one attached hydrogen (secondary N) is 1. The maximum Gasteiger partial charge on any atom is 0.327 e. The zero-order valence-electron chi connectivity index (χ0n) is 23.5. The Labute approximate surface area is 237 Å². The molecule has 1 saturated heterocycles. The summed E-state index contributed by atoms with van der Waals surface area (Å²) in [6.07, 6.45) is 0. The molecule has 2 heterocycles. The van der Waals surface area contributed by atoms with Crippen molar-refractivity contribution < 1.29 is 18.7 Å². The Hall–Kier alpha value is -4.64.